The number of alkyl halides is 2. The van der Waals surface area contributed by atoms with Gasteiger partial charge < -0.3 is 20.1 Å². The fourth-order valence-corrected chi connectivity index (χ4v) is 2.25. The zero-order valence-corrected chi connectivity index (χ0v) is 11.7. The molecule has 2 N–H and O–H groups in total. The first-order valence-corrected chi connectivity index (χ1v) is 6.77. The molecule has 1 atom stereocenters. The molecule has 1 saturated heterocycles. The number of benzene rings is 1. The molecule has 1 aromatic carbocycles. The summed E-state index contributed by atoms with van der Waals surface area (Å²) in [5, 5.41) is 5.82. The van der Waals surface area contributed by atoms with Crippen LogP contribution in [0.5, 0.6) is 11.5 Å². The number of hydrogen-bond donors (Lipinski definition) is 2. The first kappa shape index (κ1) is 15.5. The smallest absolute Gasteiger partial charge is 0.387 e. The highest BCUT2D eigenvalue weighted by molar-refractivity contribution is 5.95. The molecule has 0 aromatic heterocycles. The lowest BCUT2D eigenvalue weighted by molar-refractivity contribution is -0.118. The highest BCUT2D eigenvalue weighted by Crippen LogP contribution is 2.31. The second kappa shape index (κ2) is 7.21. The molecule has 0 radical (unpaired) electrons. The third kappa shape index (κ3) is 4.29. The molecule has 1 heterocycles. The quantitative estimate of drug-likeness (QED) is 0.876. The van der Waals surface area contributed by atoms with Crippen molar-refractivity contribution in [3.05, 3.63) is 18.2 Å². The summed E-state index contributed by atoms with van der Waals surface area (Å²) in [6, 6.07) is 4.13. The van der Waals surface area contributed by atoms with E-state index in [0.29, 0.717) is 5.69 Å². The Kier molecular flexibility index (Phi) is 5.32. The maximum Gasteiger partial charge on any atom is 0.387 e. The van der Waals surface area contributed by atoms with Crippen LogP contribution in [0, 0.1) is 0 Å². The van der Waals surface area contributed by atoms with Gasteiger partial charge in [-0.3, -0.25) is 4.79 Å². The van der Waals surface area contributed by atoms with E-state index in [1.807, 2.05) is 0 Å². The number of methoxy groups -OCH3 is 1. The Morgan fingerprint density at radius 2 is 2.19 bits per heavy atom. The fraction of sp³-hybridized carbons (Fsp3) is 0.500. The molecule has 1 aliphatic rings. The number of carbonyl (C=O) groups excluding carboxylic acids is 1. The predicted molar refractivity (Wildman–Crippen MR) is 73.9 cm³/mol. The SMILES string of the molecule is COc1ccc(NC(=O)[C@@H]2CCCCN2)cc1OC(F)F. The topological polar surface area (TPSA) is 59.6 Å². The summed E-state index contributed by atoms with van der Waals surface area (Å²) in [7, 11) is 1.36. The summed E-state index contributed by atoms with van der Waals surface area (Å²) in [6.07, 6.45) is 2.81. The maximum atomic E-state index is 12.3. The van der Waals surface area contributed by atoms with Gasteiger partial charge in [0.25, 0.3) is 0 Å². The minimum atomic E-state index is -2.95. The van der Waals surface area contributed by atoms with E-state index in [9.17, 15) is 13.6 Å². The number of carbonyl (C=O) groups is 1. The van der Waals surface area contributed by atoms with Crippen molar-refractivity contribution in [1.29, 1.82) is 0 Å². The van der Waals surface area contributed by atoms with E-state index in [1.54, 1.807) is 6.07 Å². The van der Waals surface area contributed by atoms with E-state index < -0.39 is 6.61 Å². The predicted octanol–water partition coefficient (Wildman–Crippen LogP) is 2.38. The monoisotopic (exact) mass is 300 g/mol. The number of hydrogen-bond acceptors (Lipinski definition) is 4. The Hall–Kier alpha value is -1.89. The van der Waals surface area contributed by atoms with Crippen molar-refractivity contribution in [2.75, 3.05) is 19.0 Å². The Bertz CT molecular complexity index is 491. The summed E-state index contributed by atoms with van der Waals surface area (Å²) in [5.41, 5.74) is 0.392. The molecule has 116 valence electrons. The van der Waals surface area contributed by atoms with Crippen LogP contribution in [-0.4, -0.2) is 32.2 Å². The number of anilines is 1. The van der Waals surface area contributed by atoms with Gasteiger partial charge in [-0.15, -0.1) is 0 Å². The number of rotatable bonds is 5. The molecule has 0 saturated carbocycles. The normalized spacial score (nSPS) is 18.4. The average molecular weight is 300 g/mol. The molecule has 0 unspecified atom stereocenters. The molecule has 2 rings (SSSR count). The zero-order valence-electron chi connectivity index (χ0n) is 11.7. The van der Waals surface area contributed by atoms with Crippen LogP contribution in [0.2, 0.25) is 0 Å². The van der Waals surface area contributed by atoms with Crippen LogP contribution >= 0.6 is 0 Å². The van der Waals surface area contributed by atoms with Gasteiger partial charge in [0.15, 0.2) is 11.5 Å². The number of amides is 1. The molecule has 1 aliphatic heterocycles. The van der Waals surface area contributed by atoms with Crippen LogP contribution in [0.15, 0.2) is 18.2 Å². The van der Waals surface area contributed by atoms with E-state index in [-0.39, 0.29) is 23.4 Å². The lowest BCUT2D eigenvalue weighted by atomic mass is 10.0. The van der Waals surface area contributed by atoms with E-state index >= 15 is 0 Å². The molecule has 5 nitrogen and oxygen atoms in total. The first-order valence-electron chi connectivity index (χ1n) is 6.77. The van der Waals surface area contributed by atoms with Crippen LogP contribution in [0.25, 0.3) is 0 Å². The second-order valence-corrected chi connectivity index (χ2v) is 4.74. The van der Waals surface area contributed by atoms with Crippen molar-refractivity contribution < 1.29 is 23.0 Å². The Balaban J connectivity index is 2.07. The summed E-state index contributed by atoms with van der Waals surface area (Å²) in [4.78, 5) is 12.1. The zero-order chi connectivity index (χ0) is 15.2. The van der Waals surface area contributed by atoms with E-state index in [2.05, 4.69) is 15.4 Å². The third-order valence-corrected chi connectivity index (χ3v) is 3.27. The van der Waals surface area contributed by atoms with Crippen LogP contribution in [0.3, 0.4) is 0 Å². The highest BCUT2D eigenvalue weighted by Gasteiger charge is 2.21. The average Bonchev–Trinajstić information content (AvgIpc) is 2.48. The van der Waals surface area contributed by atoms with Gasteiger partial charge >= 0.3 is 6.61 Å². The van der Waals surface area contributed by atoms with Crippen LogP contribution in [-0.2, 0) is 4.79 Å². The molecule has 1 amide bonds. The van der Waals surface area contributed by atoms with Crippen LogP contribution < -0.4 is 20.1 Å². The standard InChI is InChI=1S/C14H18F2N2O3/c1-20-11-6-5-9(8-12(11)21-14(15)16)18-13(19)10-4-2-3-7-17-10/h5-6,8,10,14,17H,2-4,7H2,1H3,(H,18,19)/t10-/m0/s1. The molecular formula is C14H18F2N2O3. The first-order chi connectivity index (χ1) is 10.1. The minimum Gasteiger partial charge on any atom is -0.493 e. The Morgan fingerprint density at radius 3 is 2.81 bits per heavy atom. The van der Waals surface area contributed by atoms with Crippen molar-refractivity contribution in [2.45, 2.75) is 31.9 Å². The molecule has 1 fully saturated rings. The van der Waals surface area contributed by atoms with Gasteiger partial charge in [0, 0.05) is 11.8 Å². The fourth-order valence-electron chi connectivity index (χ4n) is 2.25. The van der Waals surface area contributed by atoms with Crippen molar-refractivity contribution in [3.63, 3.8) is 0 Å². The third-order valence-electron chi connectivity index (χ3n) is 3.27. The summed E-state index contributed by atoms with van der Waals surface area (Å²) in [5.74, 6) is -0.103. The van der Waals surface area contributed by atoms with Gasteiger partial charge in [-0.05, 0) is 31.5 Å². The Morgan fingerprint density at radius 1 is 1.38 bits per heavy atom. The summed E-state index contributed by atoms with van der Waals surface area (Å²) in [6.45, 7) is -2.15. The van der Waals surface area contributed by atoms with Gasteiger partial charge in [0.1, 0.15) is 0 Å². The largest absolute Gasteiger partial charge is 0.493 e. The highest BCUT2D eigenvalue weighted by atomic mass is 19.3. The lowest BCUT2D eigenvalue weighted by Gasteiger charge is -2.22. The van der Waals surface area contributed by atoms with Crippen molar-refractivity contribution in [3.8, 4) is 11.5 Å². The molecule has 0 aliphatic carbocycles. The van der Waals surface area contributed by atoms with E-state index in [4.69, 9.17) is 4.74 Å². The minimum absolute atomic E-state index is 0.109. The summed E-state index contributed by atoms with van der Waals surface area (Å²) < 4.78 is 34.0. The van der Waals surface area contributed by atoms with Crippen molar-refractivity contribution >= 4 is 11.6 Å². The lowest BCUT2D eigenvalue weighted by Crippen LogP contribution is -2.43. The molecule has 21 heavy (non-hydrogen) atoms. The van der Waals surface area contributed by atoms with Gasteiger partial charge in [0.05, 0.1) is 13.2 Å². The van der Waals surface area contributed by atoms with Gasteiger partial charge in [-0.25, -0.2) is 0 Å². The van der Waals surface area contributed by atoms with E-state index in [1.165, 1.54) is 19.2 Å². The van der Waals surface area contributed by atoms with Gasteiger partial charge in [-0.2, -0.15) is 8.78 Å². The maximum absolute atomic E-state index is 12.3. The van der Waals surface area contributed by atoms with Gasteiger partial charge in [0.2, 0.25) is 5.91 Å². The van der Waals surface area contributed by atoms with Gasteiger partial charge in [-0.1, -0.05) is 6.42 Å². The number of nitrogens with one attached hydrogen (secondary N) is 2. The molecule has 0 spiro atoms. The number of ether oxygens (including phenoxy) is 2. The van der Waals surface area contributed by atoms with Crippen molar-refractivity contribution in [1.82, 2.24) is 5.32 Å². The van der Waals surface area contributed by atoms with Crippen LogP contribution in [0.4, 0.5) is 14.5 Å². The Labute approximate surface area is 121 Å². The summed E-state index contributed by atoms with van der Waals surface area (Å²) >= 11 is 0. The van der Waals surface area contributed by atoms with E-state index in [0.717, 1.165) is 25.8 Å². The molecule has 0 bridgehead atoms. The molecular weight excluding hydrogens is 282 g/mol. The second-order valence-electron chi connectivity index (χ2n) is 4.74. The molecule has 1 aromatic rings. The number of halogens is 2. The van der Waals surface area contributed by atoms with Crippen molar-refractivity contribution in [2.24, 2.45) is 0 Å². The van der Waals surface area contributed by atoms with Crippen LogP contribution in [0.1, 0.15) is 19.3 Å². The number of piperidine rings is 1. The molecule has 7 heteroatoms.